The van der Waals surface area contributed by atoms with E-state index in [2.05, 4.69) is 5.32 Å². The highest BCUT2D eigenvalue weighted by molar-refractivity contribution is 7.89. The maximum absolute atomic E-state index is 12.1. The van der Waals surface area contributed by atoms with Crippen molar-refractivity contribution in [3.05, 3.63) is 65.7 Å². The summed E-state index contributed by atoms with van der Waals surface area (Å²) in [5.41, 5.74) is 1.97. The average Bonchev–Trinajstić information content (AvgIpc) is 2.58. The van der Waals surface area contributed by atoms with Crippen LogP contribution in [0.2, 0.25) is 0 Å². The Labute approximate surface area is 142 Å². The summed E-state index contributed by atoms with van der Waals surface area (Å²) in [7, 11) is -3.67. The summed E-state index contributed by atoms with van der Waals surface area (Å²) in [5, 5.41) is 9.85. The topological polar surface area (TPSA) is 106 Å². The Bertz CT molecular complexity index is 774. The number of hydrogen-bond donors (Lipinski definition) is 3. The van der Waals surface area contributed by atoms with Gasteiger partial charge < -0.3 is 10.6 Å². The SMILES string of the molecule is C[C@H]([NH2+]Cc1ccc(S(N)(=O)=O)cc1)C(=O)NCc1ccccc1. The van der Waals surface area contributed by atoms with Gasteiger partial charge in [0.25, 0.3) is 5.91 Å². The van der Waals surface area contributed by atoms with E-state index in [1.165, 1.54) is 12.1 Å². The zero-order valence-corrected chi connectivity index (χ0v) is 14.3. The van der Waals surface area contributed by atoms with Crippen molar-refractivity contribution in [1.82, 2.24) is 5.32 Å². The van der Waals surface area contributed by atoms with Crippen LogP contribution < -0.4 is 15.8 Å². The van der Waals surface area contributed by atoms with E-state index in [4.69, 9.17) is 5.14 Å². The standard InChI is InChI=1S/C17H21N3O3S/c1-13(17(21)20-12-14-5-3-2-4-6-14)19-11-15-7-9-16(10-8-15)24(18,22)23/h2-10,13,19H,11-12H2,1H3,(H,20,21)(H2,18,22,23)/p+1/t13-/m0/s1. The van der Waals surface area contributed by atoms with Crippen LogP contribution >= 0.6 is 0 Å². The fraction of sp³-hybridized carbons (Fsp3) is 0.235. The van der Waals surface area contributed by atoms with Crippen molar-refractivity contribution in [2.24, 2.45) is 5.14 Å². The summed E-state index contributed by atoms with van der Waals surface area (Å²) < 4.78 is 22.4. The van der Waals surface area contributed by atoms with Crippen molar-refractivity contribution in [3.63, 3.8) is 0 Å². The lowest BCUT2D eigenvalue weighted by Crippen LogP contribution is -2.90. The number of hydrogen-bond acceptors (Lipinski definition) is 3. The first-order chi connectivity index (χ1) is 11.4. The molecule has 6 nitrogen and oxygen atoms in total. The van der Waals surface area contributed by atoms with Gasteiger partial charge >= 0.3 is 0 Å². The van der Waals surface area contributed by atoms with Gasteiger partial charge in [0.2, 0.25) is 10.0 Å². The first-order valence-electron chi connectivity index (χ1n) is 7.63. The van der Waals surface area contributed by atoms with E-state index in [9.17, 15) is 13.2 Å². The van der Waals surface area contributed by atoms with Crippen molar-refractivity contribution in [1.29, 1.82) is 0 Å². The van der Waals surface area contributed by atoms with Gasteiger partial charge in [0.15, 0.2) is 6.04 Å². The Kier molecular flexibility index (Phi) is 6.08. The maximum atomic E-state index is 12.1. The number of nitrogens with one attached hydrogen (secondary N) is 1. The zero-order chi connectivity index (χ0) is 17.6. The van der Waals surface area contributed by atoms with Gasteiger partial charge in [0, 0.05) is 12.1 Å². The van der Waals surface area contributed by atoms with Crippen molar-refractivity contribution >= 4 is 15.9 Å². The smallest absolute Gasteiger partial charge is 0.278 e. The Morgan fingerprint density at radius 2 is 1.71 bits per heavy atom. The number of benzene rings is 2. The third kappa shape index (κ3) is 5.45. The van der Waals surface area contributed by atoms with Crippen LogP contribution in [0.5, 0.6) is 0 Å². The lowest BCUT2D eigenvalue weighted by atomic mass is 10.2. The number of carbonyl (C=O) groups excluding carboxylic acids is 1. The molecule has 0 aromatic heterocycles. The Morgan fingerprint density at radius 3 is 2.29 bits per heavy atom. The maximum Gasteiger partial charge on any atom is 0.278 e. The van der Waals surface area contributed by atoms with E-state index in [0.29, 0.717) is 13.1 Å². The van der Waals surface area contributed by atoms with Crippen LogP contribution in [0.4, 0.5) is 0 Å². The molecule has 0 heterocycles. The molecule has 128 valence electrons. The van der Waals surface area contributed by atoms with Gasteiger partial charge in [-0.1, -0.05) is 42.5 Å². The molecule has 5 N–H and O–H groups in total. The van der Waals surface area contributed by atoms with Crippen molar-refractivity contribution < 1.29 is 18.5 Å². The van der Waals surface area contributed by atoms with E-state index in [-0.39, 0.29) is 16.8 Å². The highest BCUT2D eigenvalue weighted by Crippen LogP contribution is 2.07. The van der Waals surface area contributed by atoms with Crippen LogP contribution in [0.25, 0.3) is 0 Å². The first-order valence-corrected chi connectivity index (χ1v) is 9.17. The van der Waals surface area contributed by atoms with Gasteiger partial charge in [-0.15, -0.1) is 0 Å². The van der Waals surface area contributed by atoms with E-state index in [0.717, 1.165) is 11.1 Å². The lowest BCUT2D eigenvalue weighted by Gasteiger charge is -2.11. The molecule has 7 heteroatoms. The molecular weight excluding hydrogens is 326 g/mol. The Hall–Kier alpha value is -2.22. The molecular formula is C17H22N3O3S+. The minimum atomic E-state index is -3.67. The molecule has 0 saturated carbocycles. The molecule has 0 aliphatic heterocycles. The van der Waals surface area contributed by atoms with Crippen LogP contribution in [0.1, 0.15) is 18.1 Å². The Balaban J connectivity index is 1.81. The van der Waals surface area contributed by atoms with E-state index < -0.39 is 10.0 Å². The summed E-state index contributed by atoms with van der Waals surface area (Å²) in [4.78, 5) is 12.2. The molecule has 24 heavy (non-hydrogen) atoms. The molecule has 0 unspecified atom stereocenters. The summed E-state index contributed by atoms with van der Waals surface area (Å²) in [6, 6.07) is 15.8. The summed E-state index contributed by atoms with van der Waals surface area (Å²) >= 11 is 0. The fourth-order valence-corrected chi connectivity index (χ4v) is 2.70. The second-order valence-electron chi connectivity index (χ2n) is 5.62. The molecule has 2 aromatic rings. The molecule has 2 aromatic carbocycles. The Morgan fingerprint density at radius 1 is 1.08 bits per heavy atom. The van der Waals surface area contributed by atoms with Gasteiger partial charge in [-0.2, -0.15) is 0 Å². The van der Waals surface area contributed by atoms with Gasteiger partial charge in [-0.05, 0) is 24.6 Å². The first kappa shape index (κ1) is 18.1. The zero-order valence-electron chi connectivity index (χ0n) is 13.5. The quantitative estimate of drug-likeness (QED) is 0.661. The molecule has 2 rings (SSSR count). The normalized spacial score (nSPS) is 12.6. The molecule has 1 atom stereocenters. The molecule has 1 amide bonds. The molecule has 0 radical (unpaired) electrons. The monoisotopic (exact) mass is 348 g/mol. The molecule has 0 bridgehead atoms. The van der Waals surface area contributed by atoms with Crippen LogP contribution in [-0.4, -0.2) is 20.4 Å². The van der Waals surface area contributed by atoms with Crippen LogP contribution in [0.3, 0.4) is 0 Å². The third-order valence-corrected chi connectivity index (χ3v) is 4.61. The minimum Gasteiger partial charge on any atom is -0.347 e. The van der Waals surface area contributed by atoms with E-state index in [1.54, 1.807) is 12.1 Å². The predicted molar refractivity (Wildman–Crippen MR) is 91.2 cm³/mol. The van der Waals surface area contributed by atoms with Crippen LogP contribution in [-0.2, 0) is 27.9 Å². The van der Waals surface area contributed by atoms with Crippen molar-refractivity contribution in [2.75, 3.05) is 0 Å². The summed E-state index contributed by atoms with van der Waals surface area (Å²) in [6.45, 7) is 2.91. The second-order valence-corrected chi connectivity index (χ2v) is 7.18. The van der Waals surface area contributed by atoms with Crippen LogP contribution in [0.15, 0.2) is 59.5 Å². The molecule has 0 fully saturated rings. The van der Waals surface area contributed by atoms with E-state index in [1.807, 2.05) is 42.6 Å². The van der Waals surface area contributed by atoms with Crippen molar-refractivity contribution in [2.45, 2.75) is 31.0 Å². The van der Waals surface area contributed by atoms with E-state index >= 15 is 0 Å². The number of primary sulfonamides is 1. The molecule has 0 saturated heterocycles. The van der Waals surface area contributed by atoms with Gasteiger partial charge in [0.05, 0.1) is 4.90 Å². The fourth-order valence-electron chi connectivity index (χ4n) is 2.18. The minimum absolute atomic E-state index is 0.0417. The number of carbonyl (C=O) groups is 1. The third-order valence-electron chi connectivity index (χ3n) is 3.68. The van der Waals surface area contributed by atoms with Crippen LogP contribution in [0, 0.1) is 0 Å². The highest BCUT2D eigenvalue weighted by Gasteiger charge is 2.15. The van der Waals surface area contributed by atoms with Crippen molar-refractivity contribution in [3.8, 4) is 0 Å². The van der Waals surface area contributed by atoms with Gasteiger partial charge in [-0.3, -0.25) is 4.79 Å². The summed E-state index contributed by atoms with van der Waals surface area (Å²) in [5.74, 6) is -0.0417. The molecule has 0 aliphatic carbocycles. The lowest BCUT2D eigenvalue weighted by molar-refractivity contribution is -0.689. The molecule has 0 aliphatic rings. The average molecular weight is 348 g/mol. The number of quaternary nitrogens is 1. The second kappa shape index (κ2) is 8.05. The largest absolute Gasteiger partial charge is 0.347 e. The highest BCUT2D eigenvalue weighted by atomic mass is 32.2. The number of rotatable bonds is 7. The number of nitrogens with two attached hydrogens (primary N) is 2. The number of amides is 1. The molecule has 0 spiro atoms. The number of sulfonamides is 1. The van der Waals surface area contributed by atoms with Gasteiger partial charge in [-0.25, -0.2) is 13.6 Å². The van der Waals surface area contributed by atoms with Gasteiger partial charge in [0.1, 0.15) is 6.54 Å². The predicted octanol–water partition coefficient (Wildman–Crippen LogP) is 0.102. The summed E-state index contributed by atoms with van der Waals surface area (Å²) in [6.07, 6.45) is 0.